The third kappa shape index (κ3) is 7.01. The van der Waals surface area contributed by atoms with Gasteiger partial charge >= 0.3 is 0 Å². The second kappa shape index (κ2) is 11.8. The van der Waals surface area contributed by atoms with Crippen molar-refractivity contribution in [3.8, 4) is 11.5 Å². The molecule has 1 aromatic heterocycles. The zero-order chi connectivity index (χ0) is 22.1. The molecule has 1 aliphatic heterocycles. The molecule has 1 N–H and O–H groups in total. The van der Waals surface area contributed by atoms with Crippen LogP contribution < -0.4 is 14.8 Å². The Kier molecular flexibility index (Phi) is 8.79. The van der Waals surface area contributed by atoms with Gasteiger partial charge in [0.1, 0.15) is 11.5 Å². The number of amides is 1. The van der Waals surface area contributed by atoms with Crippen molar-refractivity contribution < 1.29 is 18.7 Å². The topological polar surface area (TPSA) is 67.2 Å². The van der Waals surface area contributed by atoms with Crippen molar-refractivity contribution in [2.24, 2.45) is 0 Å². The molecule has 2 aromatic rings. The normalized spacial score (nSPS) is 14.0. The van der Waals surface area contributed by atoms with Crippen LogP contribution in [0.25, 0.3) is 0 Å². The van der Waals surface area contributed by atoms with Gasteiger partial charge in [0.15, 0.2) is 11.5 Å². The van der Waals surface area contributed by atoms with E-state index in [9.17, 15) is 4.79 Å². The standard InChI is InChI=1S/C24H35N3O4/c1-19-6-8-21(31-19)18-27(24(28)17-25-11-15-26-12-4-5-13-26)14-10-20-7-9-22(29-2)23(16-20)30-3/h6-9,16,25H,4-5,10-15,17-18H2,1-3H3. The van der Waals surface area contributed by atoms with E-state index in [1.807, 2.05) is 42.2 Å². The van der Waals surface area contributed by atoms with E-state index in [0.717, 1.165) is 36.6 Å². The Bertz CT molecular complexity index is 830. The van der Waals surface area contributed by atoms with E-state index in [0.29, 0.717) is 31.1 Å². The Morgan fingerprint density at radius 1 is 1.13 bits per heavy atom. The van der Waals surface area contributed by atoms with Crippen molar-refractivity contribution in [1.82, 2.24) is 15.1 Å². The molecule has 7 nitrogen and oxygen atoms in total. The minimum Gasteiger partial charge on any atom is -0.493 e. The van der Waals surface area contributed by atoms with E-state index in [-0.39, 0.29) is 5.91 Å². The van der Waals surface area contributed by atoms with Crippen molar-refractivity contribution in [3.63, 3.8) is 0 Å². The number of hydrogen-bond acceptors (Lipinski definition) is 6. The van der Waals surface area contributed by atoms with Crippen molar-refractivity contribution in [3.05, 3.63) is 47.4 Å². The smallest absolute Gasteiger partial charge is 0.236 e. The van der Waals surface area contributed by atoms with Crippen molar-refractivity contribution in [2.45, 2.75) is 32.7 Å². The van der Waals surface area contributed by atoms with Crippen molar-refractivity contribution in [1.29, 1.82) is 0 Å². The summed E-state index contributed by atoms with van der Waals surface area (Å²) in [5.74, 6) is 3.13. The molecule has 7 heteroatoms. The summed E-state index contributed by atoms with van der Waals surface area (Å²) in [6.07, 6.45) is 3.29. The lowest BCUT2D eigenvalue weighted by Gasteiger charge is -2.23. The van der Waals surface area contributed by atoms with E-state index in [1.165, 1.54) is 25.9 Å². The highest BCUT2D eigenvalue weighted by molar-refractivity contribution is 5.78. The number of hydrogen-bond donors (Lipinski definition) is 1. The van der Waals surface area contributed by atoms with Gasteiger partial charge in [0, 0.05) is 19.6 Å². The number of rotatable bonds is 12. The van der Waals surface area contributed by atoms with Gasteiger partial charge in [0.05, 0.1) is 27.3 Å². The van der Waals surface area contributed by atoms with Gasteiger partial charge in [0.2, 0.25) is 5.91 Å². The average Bonchev–Trinajstić information content (AvgIpc) is 3.45. The summed E-state index contributed by atoms with van der Waals surface area (Å²) >= 11 is 0. The van der Waals surface area contributed by atoms with Crippen LogP contribution in [0, 0.1) is 6.92 Å². The van der Waals surface area contributed by atoms with Gasteiger partial charge in [-0.3, -0.25) is 4.79 Å². The average molecular weight is 430 g/mol. The lowest BCUT2D eigenvalue weighted by atomic mass is 10.1. The SMILES string of the molecule is COc1ccc(CCN(Cc2ccc(C)o2)C(=O)CNCCN2CCCC2)cc1OC. The molecule has 170 valence electrons. The molecule has 2 heterocycles. The summed E-state index contributed by atoms with van der Waals surface area (Å²) in [4.78, 5) is 17.3. The Morgan fingerprint density at radius 2 is 1.90 bits per heavy atom. The first kappa shape index (κ1) is 23.2. The van der Waals surface area contributed by atoms with E-state index in [1.54, 1.807) is 14.2 Å². The number of carbonyl (C=O) groups is 1. The molecule has 1 aromatic carbocycles. The second-order valence-corrected chi connectivity index (χ2v) is 7.99. The summed E-state index contributed by atoms with van der Waals surface area (Å²) in [5, 5.41) is 3.32. The van der Waals surface area contributed by atoms with Crippen LogP contribution in [0.2, 0.25) is 0 Å². The molecule has 0 radical (unpaired) electrons. The maximum absolute atomic E-state index is 13.0. The highest BCUT2D eigenvalue weighted by Crippen LogP contribution is 2.27. The largest absolute Gasteiger partial charge is 0.493 e. The number of aryl methyl sites for hydroxylation is 1. The fourth-order valence-electron chi connectivity index (χ4n) is 3.90. The summed E-state index contributed by atoms with van der Waals surface area (Å²) in [6, 6.07) is 9.74. The van der Waals surface area contributed by atoms with Gasteiger partial charge in [-0.15, -0.1) is 0 Å². The maximum atomic E-state index is 13.0. The molecule has 0 saturated carbocycles. The first-order chi connectivity index (χ1) is 15.1. The van der Waals surface area contributed by atoms with E-state index >= 15 is 0 Å². The quantitative estimate of drug-likeness (QED) is 0.524. The third-order valence-electron chi connectivity index (χ3n) is 5.69. The number of nitrogens with one attached hydrogen (secondary N) is 1. The maximum Gasteiger partial charge on any atom is 0.236 e. The molecule has 0 atom stereocenters. The molecule has 0 bridgehead atoms. The highest BCUT2D eigenvalue weighted by Gasteiger charge is 2.17. The Labute approximate surface area is 185 Å². The van der Waals surface area contributed by atoms with Crippen LogP contribution in [0.1, 0.15) is 29.9 Å². The number of nitrogens with zero attached hydrogens (tertiary/aromatic N) is 2. The van der Waals surface area contributed by atoms with Gasteiger partial charge in [-0.1, -0.05) is 6.07 Å². The van der Waals surface area contributed by atoms with Crippen LogP contribution in [0.15, 0.2) is 34.7 Å². The minimum atomic E-state index is 0.0796. The summed E-state index contributed by atoms with van der Waals surface area (Å²) < 4.78 is 16.4. The van der Waals surface area contributed by atoms with Crippen LogP contribution in [-0.4, -0.2) is 69.2 Å². The first-order valence-corrected chi connectivity index (χ1v) is 11.1. The molecule has 0 unspecified atom stereocenters. The summed E-state index contributed by atoms with van der Waals surface area (Å²) in [6.45, 7) is 7.48. The van der Waals surface area contributed by atoms with Crippen LogP contribution in [0.5, 0.6) is 11.5 Å². The molecule has 31 heavy (non-hydrogen) atoms. The van der Waals surface area contributed by atoms with Crippen LogP contribution in [0.3, 0.4) is 0 Å². The summed E-state index contributed by atoms with van der Waals surface area (Å²) in [5.41, 5.74) is 1.09. The van der Waals surface area contributed by atoms with E-state index in [4.69, 9.17) is 13.9 Å². The lowest BCUT2D eigenvalue weighted by molar-refractivity contribution is -0.131. The molecule has 1 saturated heterocycles. The predicted molar refractivity (Wildman–Crippen MR) is 121 cm³/mol. The Hall–Kier alpha value is -2.51. The number of likely N-dealkylation sites (tertiary alicyclic amines) is 1. The molecule has 0 spiro atoms. The minimum absolute atomic E-state index is 0.0796. The molecule has 1 fully saturated rings. The Morgan fingerprint density at radius 3 is 2.58 bits per heavy atom. The van der Waals surface area contributed by atoms with Crippen LogP contribution in [-0.2, 0) is 17.8 Å². The van der Waals surface area contributed by atoms with E-state index in [2.05, 4.69) is 10.2 Å². The highest BCUT2D eigenvalue weighted by atomic mass is 16.5. The van der Waals surface area contributed by atoms with Gasteiger partial charge in [-0.25, -0.2) is 0 Å². The van der Waals surface area contributed by atoms with Gasteiger partial charge in [-0.05, 0) is 69.1 Å². The van der Waals surface area contributed by atoms with Crippen molar-refractivity contribution in [2.75, 3.05) is 53.5 Å². The van der Waals surface area contributed by atoms with Crippen LogP contribution >= 0.6 is 0 Å². The third-order valence-corrected chi connectivity index (χ3v) is 5.69. The molecular formula is C24H35N3O4. The number of benzene rings is 1. The summed E-state index contributed by atoms with van der Waals surface area (Å²) in [7, 11) is 3.25. The predicted octanol–water partition coefficient (Wildman–Crippen LogP) is 2.86. The molecule has 3 rings (SSSR count). The van der Waals surface area contributed by atoms with Gasteiger partial charge in [0.25, 0.3) is 0 Å². The zero-order valence-electron chi connectivity index (χ0n) is 19.0. The Balaban J connectivity index is 1.56. The molecule has 0 aliphatic carbocycles. The monoisotopic (exact) mass is 429 g/mol. The number of furan rings is 1. The number of methoxy groups -OCH3 is 2. The van der Waals surface area contributed by atoms with Gasteiger partial charge in [-0.2, -0.15) is 0 Å². The van der Waals surface area contributed by atoms with Gasteiger partial charge < -0.3 is 29.0 Å². The lowest BCUT2D eigenvalue weighted by Crippen LogP contribution is -2.40. The molecule has 1 amide bonds. The number of ether oxygens (including phenoxy) is 2. The van der Waals surface area contributed by atoms with Crippen molar-refractivity contribution >= 4 is 5.91 Å². The zero-order valence-corrected chi connectivity index (χ0v) is 19.0. The van der Waals surface area contributed by atoms with E-state index < -0.39 is 0 Å². The fourth-order valence-corrected chi connectivity index (χ4v) is 3.90. The van der Waals surface area contributed by atoms with Crippen LogP contribution in [0.4, 0.5) is 0 Å². The number of carbonyl (C=O) groups excluding carboxylic acids is 1. The molecular weight excluding hydrogens is 394 g/mol. The fraction of sp³-hybridized carbons (Fsp3) is 0.542. The molecule has 1 aliphatic rings. The first-order valence-electron chi connectivity index (χ1n) is 11.1. The second-order valence-electron chi connectivity index (χ2n) is 7.99.